The van der Waals surface area contributed by atoms with Gasteiger partial charge in [-0.2, -0.15) is 18.3 Å². The predicted molar refractivity (Wildman–Crippen MR) is 90.0 cm³/mol. The van der Waals surface area contributed by atoms with Crippen LogP contribution in [0.5, 0.6) is 11.5 Å². The Labute approximate surface area is 153 Å². The van der Waals surface area contributed by atoms with Gasteiger partial charge in [0.15, 0.2) is 17.2 Å². The molecule has 9 heteroatoms. The Morgan fingerprint density at radius 1 is 1.22 bits per heavy atom. The second-order valence-corrected chi connectivity index (χ2v) is 6.69. The first-order valence-corrected chi connectivity index (χ1v) is 8.70. The number of carbonyl (C=O) groups is 1. The second kappa shape index (κ2) is 6.47. The van der Waals surface area contributed by atoms with Crippen LogP contribution in [0.3, 0.4) is 0 Å². The number of nitrogens with zero attached hydrogens (tertiary/aromatic N) is 2. The fourth-order valence-electron chi connectivity index (χ4n) is 3.02. The average molecular weight is 381 g/mol. The molecule has 2 heterocycles. The summed E-state index contributed by atoms with van der Waals surface area (Å²) >= 11 is 0. The van der Waals surface area contributed by atoms with Crippen molar-refractivity contribution in [3.8, 4) is 11.5 Å². The number of anilines is 1. The highest BCUT2D eigenvalue weighted by Crippen LogP contribution is 2.43. The van der Waals surface area contributed by atoms with E-state index in [9.17, 15) is 18.0 Å². The van der Waals surface area contributed by atoms with Gasteiger partial charge in [-0.1, -0.05) is 0 Å². The summed E-state index contributed by atoms with van der Waals surface area (Å²) < 4.78 is 51.2. The Kier molecular flexibility index (Phi) is 4.24. The van der Waals surface area contributed by atoms with Crippen molar-refractivity contribution < 1.29 is 27.4 Å². The SMILES string of the molecule is CC(C(=O)Nc1ccc2c(c1)OCCO2)n1nc(C(F)(F)F)cc1C1CC1. The molecular weight excluding hydrogens is 363 g/mol. The number of nitrogens with one attached hydrogen (secondary N) is 1. The van der Waals surface area contributed by atoms with Crippen molar-refractivity contribution in [3.63, 3.8) is 0 Å². The third-order valence-corrected chi connectivity index (χ3v) is 4.61. The lowest BCUT2D eigenvalue weighted by molar-refractivity contribution is -0.141. The van der Waals surface area contributed by atoms with Crippen molar-refractivity contribution in [2.75, 3.05) is 18.5 Å². The fraction of sp³-hybridized carbons (Fsp3) is 0.444. The van der Waals surface area contributed by atoms with E-state index >= 15 is 0 Å². The van der Waals surface area contributed by atoms with Crippen LogP contribution < -0.4 is 14.8 Å². The normalized spacial score (nSPS) is 17.5. The summed E-state index contributed by atoms with van der Waals surface area (Å²) in [6, 6.07) is 5.13. The molecule has 0 saturated heterocycles. The van der Waals surface area contributed by atoms with Crippen molar-refractivity contribution >= 4 is 11.6 Å². The number of amides is 1. The zero-order valence-corrected chi connectivity index (χ0v) is 14.5. The Bertz CT molecular complexity index is 874. The van der Waals surface area contributed by atoms with E-state index in [2.05, 4.69) is 10.4 Å². The zero-order chi connectivity index (χ0) is 19.2. The van der Waals surface area contributed by atoms with E-state index in [4.69, 9.17) is 9.47 Å². The summed E-state index contributed by atoms with van der Waals surface area (Å²) in [5, 5.41) is 6.37. The maximum absolute atomic E-state index is 13.0. The molecule has 27 heavy (non-hydrogen) atoms. The number of alkyl halides is 3. The Hall–Kier alpha value is -2.71. The molecule has 2 aliphatic rings. The van der Waals surface area contributed by atoms with Gasteiger partial charge in [0.1, 0.15) is 19.3 Å². The molecular formula is C18H18F3N3O3. The molecule has 4 rings (SSSR count). The number of ether oxygens (including phenoxy) is 2. The number of carbonyl (C=O) groups excluding carboxylic acids is 1. The number of aromatic nitrogens is 2. The molecule has 1 aliphatic heterocycles. The Balaban J connectivity index is 1.55. The first-order valence-electron chi connectivity index (χ1n) is 8.70. The lowest BCUT2D eigenvalue weighted by atomic mass is 10.2. The molecule has 1 amide bonds. The molecule has 144 valence electrons. The molecule has 0 radical (unpaired) electrons. The van der Waals surface area contributed by atoms with Crippen molar-refractivity contribution in [3.05, 3.63) is 35.7 Å². The van der Waals surface area contributed by atoms with Crippen molar-refractivity contribution in [1.82, 2.24) is 9.78 Å². The van der Waals surface area contributed by atoms with Crippen LogP contribution in [-0.2, 0) is 11.0 Å². The van der Waals surface area contributed by atoms with Crippen LogP contribution >= 0.6 is 0 Å². The van der Waals surface area contributed by atoms with Gasteiger partial charge >= 0.3 is 6.18 Å². The van der Waals surface area contributed by atoms with E-state index in [1.165, 1.54) is 11.6 Å². The number of rotatable bonds is 4. The van der Waals surface area contributed by atoms with Gasteiger partial charge in [0, 0.05) is 23.4 Å². The molecule has 1 unspecified atom stereocenters. The summed E-state index contributed by atoms with van der Waals surface area (Å²) in [5.41, 5.74) is -0.0391. The van der Waals surface area contributed by atoms with E-state index in [1.807, 2.05) is 0 Å². The first-order chi connectivity index (χ1) is 12.8. The van der Waals surface area contributed by atoms with Crippen LogP contribution in [0.2, 0.25) is 0 Å². The molecule has 1 aromatic heterocycles. The molecule has 0 spiro atoms. The molecule has 1 saturated carbocycles. The van der Waals surface area contributed by atoms with Crippen LogP contribution in [-0.4, -0.2) is 28.9 Å². The topological polar surface area (TPSA) is 65.4 Å². The molecule has 2 aromatic rings. The van der Waals surface area contributed by atoms with Crippen molar-refractivity contribution in [2.24, 2.45) is 0 Å². The molecule has 1 atom stereocenters. The number of halogens is 3. The monoisotopic (exact) mass is 381 g/mol. The van der Waals surface area contributed by atoms with Crippen LogP contribution in [0, 0.1) is 0 Å². The van der Waals surface area contributed by atoms with Crippen LogP contribution in [0.15, 0.2) is 24.3 Å². The van der Waals surface area contributed by atoms with Gasteiger partial charge in [-0.15, -0.1) is 0 Å². The molecule has 1 fully saturated rings. The smallest absolute Gasteiger partial charge is 0.435 e. The lowest BCUT2D eigenvalue weighted by Gasteiger charge is -2.20. The summed E-state index contributed by atoms with van der Waals surface area (Å²) in [5.74, 6) is 0.678. The van der Waals surface area contributed by atoms with Gasteiger partial charge in [0.05, 0.1) is 0 Å². The Morgan fingerprint density at radius 2 is 1.93 bits per heavy atom. The summed E-state index contributed by atoms with van der Waals surface area (Å²) in [6.07, 6.45) is -2.93. The first kappa shape index (κ1) is 17.7. The highest BCUT2D eigenvalue weighted by Gasteiger charge is 2.39. The highest BCUT2D eigenvalue weighted by molar-refractivity contribution is 5.93. The summed E-state index contributed by atoms with van der Waals surface area (Å²) in [6.45, 7) is 2.41. The highest BCUT2D eigenvalue weighted by atomic mass is 19.4. The number of hydrogen-bond donors (Lipinski definition) is 1. The predicted octanol–water partition coefficient (Wildman–Crippen LogP) is 3.75. The Morgan fingerprint density at radius 3 is 2.59 bits per heavy atom. The largest absolute Gasteiger partial charge is 0.486 e. The molecule has 1 aliphatic carbocycles. The zero-order valence-electron chi connectivity index (χ0n) is 14.5. The third-order valence-electron chi connectivity index (χ3n) is 4.61. The fourth-order valence-corrected chi connectivity index (χ4v) is 3.02. The maximum atomic E-state index is 13.0. The summed E-state index contributed by atoms with van der Waals surface area (Å²) in [7, 11) is 0. The van der Waals surface area contributed by atoms with E-state index in [-0.39, 0.29) is 5.92 Å². The van der Waals surface area contributed by atoms with Gasteiger partial charge in [-0.25, -0.2) is 0 Å². The number of hydrogen-bond acceptors (Lipinski definition) is 4. The van der Waals surface area contributed by atoms with Crippen molar-refractivity contribution in [1.29, 1.82) is 0 Å². The standard InChI is InChI=1S/C18H18F3N3O3/c1-10(24-13(11-2-3-11)9-16(23-24)18(19,20)21)17(25)22-12-4-5-14-15(8-12)27-7-6-26-14/h4-5,8-11H,2-3,6-7H2,1H3,(H,22,25). The van der Waals surface area contributed by atoms with Gasteiger partial charge in [0.25, 0.3) is 0 Å². The minimum atomic E-state index is -4.54. The number of fused-ring (bicyclic) bond motifs is 1. The van der Waals surface area contributed by atoms with Gasteiger partial charge < -0.3 is 14.8 Å². The van der Waals surface area contributed by atoms with E-state index in [0.29, 0.717) is 36.1 Å². The lowest BCUT2D eigenvalue weighted by Crippen LogP contribution is -2.26. The molecule has 1 aromatic carbocycles. The van der Waals surface area contributed by atoms with Crippen LogP contribution in [0.4, 0.5) is 18.9 Å². The van der Waals surface area contributed by atoms with Crippen molar-refractivity contribution in [2.45, 2.75) is 37.9 Å². The van der Waals surface area contributed by atoms with Gasteiger partial charge in [0.2, 0.25) is 5.91 Å². The van der Waals surface area contributed by atoms with E-state index in [0.717, 1.165) is 18.9 Å². The maximum Gasteiger partial charge on any atom is 0.435 e. The minimum absolute atomic E-state index is 0.0261. The summed E-state index contributed by atoms with van der Waals surface area (Å²) in [4.78, 5) is 12.6. The third kappa shape index (κ3) is 3.58. The van der Waals surface area contributed by atoms with Gasteiger partial charge in [-0.3, -0.25) is 9.48 Å². The second-order valence-electron chi connectivity index (χ2n) is 6.69. The van der Waals surface area contributed by atoms with E-state index < -0.39 is 23.8 Å². The van der Waals surface area contributed by atoms with Crippen LogP contribution in [0.1, 0.15) is 43.1 Å². The quantitative estimate of drug-likeness (QED) is 0.876. The van der Waals surface area contributed by atoms with Gasteiger partial charge in [-0.05, 0) is 38.0 Å². The average Bonchev–Trinajstić information content (AvgIpc) is 3.37. The van der Waals surface area contributed by atoms with E-state index in [1.54, 1.807) is 18.2 Å². The number of benzene rings is 1. The molecule has 6 nitrogen and oxygen atoms in total. The molecule has 1 N–H and O–H groups in total. The minimum Gasteiger partial charge on any atom is -0.486 e. The molecule has 0 bridgehead atoms. The van der Waals surface area contributed by atoms with Crippen LogP contribution in [0.25, 0.3) is 0 Å².